The molecule has 0 bridgehead atoms. The van der Waals surface area contributed by atoms with Crippen LogP contribution in [0.15, 0.2) is 48.5 Å². The van der Waals surface area contributed by atoms with Gasteiger partial charge in [-0.15, -0.1) is 23.2 Å². The Kier molecular flexibility index (Phi) is 4.07. The van der Waals surface area contributed by atoms with E-state index in [4.69, 9.17) is 46.4 Å². The summed E-state index contributed by atoms with van der Waals surface area (Å²) in [7, 11) is 0. The summed E-state index contributed by atoms with van der Waals surface area (Å²) in [5.41, 5.74) is 0.128. The Balaban J connectivity index is 1.97. The molecule has 1 saturated carbocycles. The third-order valence-electron chi connectivity index (χ3n) is 3.84. The fraction of sp³-hybridized carbons (Fsp3) is 0.188. The molecule has 0 unspecified atom stereocenters. The molecule has 0 radical (unpaired) electrons. The SMILES string of the molecule is O=C(Nc1c(Cl)cccc1Cl)[C@@]1(c2ccccc2)CC1(Cl)Cl. The van der Waals surface area contributed by atoms with E-state index in [0.29, 0.717) is 22.2 Å². The van der Waals surface area contributed by atoms with Gasteiger partial charge in [0.25, 0.3) is 0 Å². The zero-order valence-electron chi connectivity index (χ0n) is 11.2. The lowest BCUT2D eigenvalue weighted by molar-refractivity contribution is -0.118. The number of anilines is 1. The lowest BCUT2D eigenvalue weighted by atomic mass is 9.94. The first-order valence-corrected chi connectivity index (χ1v) is 8.08. The topological polar surface area (TPSA) is 29.1 Å². The first-order chi connectivity index (χ1) is 10.4. The summed E-state index contributed by atoms with van der Waals surface area (Å²) in [6, 6.07) is 14.2. The smallest absolute Gasteiger partial charge is 0.238 e. The molecule has 0 aliphatic heterocycles. The van der Waals surface area contributed by atoms with E-state index in [1.54, 1.807) is 18.2 Å². The van der Waals surface area contributed by atoms with Crippen LogP contribution < -0.4 is 5.32 Å². The summed E-state index contributed by atoms with van der Waals surface area (Å²) < 4.78 is -1.15. The molecular weight excluding hydrogens is 364 g/mol. The molecule has 2 aromatic rings. The van der Waals surface area contributed by atoms with Crippen LogP contribution in [-0.4, -0.2) is 10.2 Å². The average molecular weight is 375 g/mol. The number of para-hydroxylation sites is 1. The second-order valence-corrected chi connectivity index (χ2v) is 7.50. The molecular formula is C16H11Cl4NO. The van der Waals surface area contributed by atoms with Gasteiger partial charge in [0.1, 0.15) is 9.75 Å². The number of halogens is 4. The van der Waals surface area contributed by atoms with Crippen LogP contribution in [0.5, 0.6) is 0 Å². The number of hydrogen-bond donors (Lipinski definition) is 1. The van der Waals surface area contributed by atoms with Crippen LogP contribution in [0.1, 0.15) is 12.0 Å². The molecule has 2 nitrogen and oxygen atoms in total. The largest absolute Gasteiger partial charge is 0.323 e. The first-order valence-electron chi connectivity index (χ1n) is 6.57. The molecule has 0 saturated heterocycles. The maximum absolute atomic E-state index is 12.8. The van der Waals surface area contributed by atoms with Crippen molar-refractivity contribution in [2.24, 2.45) is 0 Å². The van der Waals surface area contributed by atoms with Gasteiger partial charge in [-0.05, 0) is 17.7 Å². The van der Waals surface area contributed by atoms with Crippen LogP contribution in [0.3, 0.4) is 0 Å². The summed E-state index contributed by atoms with van der Waals surface area (Å²) in [6.07, 6.45) is 0.334. The van der Waals surface area contributed by atoms with Gasteiger partial charge in [-0.2, -0.15) is 0 Å². The zero-order valence-corrected chi connectivity index (χ0v) is 14.3. The van der Waals surface area contributed by atoms with Crippen LogP contribution in [0.25, 0.3) is 0 Å². The van der Waals surface area contributed by atoms with Crippen LogP contribution >= 0.6 is 46.4 Å². The van der Waals surface area contributed by atoms with Crippen molar-refractivity contribution in [3.63, 3.8) is 0 Å². The zero-order chi connectivity index (χ0) is 16.0. The highest BCUT2D eigenvalue weighted by Crippen LogP contribution is 2.65. The molecule has 0 heterocycles. The number of hydrogen-bond acceptors (Lipinski definition) is 1. The molecule has 6 heteroatoms. The van der Waals surface area contributed by atoms with E-state index < -0.39 is 9.75 Å². The van der Waals surface area contributed by atoms with E-state index in [1.807, 2.05) is 30.3 Å². The summed E-state index contributed by atoms with van der Waals surface area (Å²) in [6.45, 7) is 0. The van der Waals surface area contributed by atoms with Gasteiger partial charge in [0.05, 0.1) is 15.7 Å². The van der Waals surface area contributed by atoms with Gasteiger partial charge < -0.3 is 5.32 Å². The number of benzene rings is 2. The number of alkyl halides is 2. The van der Waals surface area contributed by atoms with Gasteiger partial charge in [0.15, 0.2) is 0 Å². The highest BCUT2D eigenvalue weighted by atomic mass is 35.5. The number of nitrogens with one attached hydrogen (secondary N) is 1. The Morgan fingerprint density at radius 3 is 2.00 bits per heavy atom. The van der Waals surface area contributed by atoms with E-state index in [-0.39, 0.29) is 5.91 Å². The third kappa shape index (κ3) is 2.48. The lowest BCUT2D eigenvalue weighted by Gasteiger charge is -2.19. The number of rotatable bonds is 3. The van der Waals surface area contributed by atoms with Crippen LogP contribution in [0.2, 0.25) is 10.0 Å². The Morgan fingerprint density at radius 2 is 1.50 bits per heavy atom. The molecule has 22 heavy (non-hydrogen) atoms. The minimum Gasteiger partial charge on any atom is -0.323 e. The Hall–Kier alpha value is -0.930. The number of carbonyl (C=O) groups is 1. The molecule has 0 spiro atoms. The summed E-state index contributed by atoms with van der Waals surface area (Å²) in [5, 5.41) is 3.48. The monoisotopic (exact) mass is 373 g/mol. The summed E-state index contributed by atoms with van der Waals surface area (Å²) >= 11 is 24.7. The van der Waals surface area contributed by atoms with Crippen LogP contribution in [0.4, 0.5) is 5.69 Å². The second-order valence-electron chi connectivity index (χ2n) is 5.20. The van der Waals surface area contributed by atoms with Crippen molar-refractivity contribution in [2.75, 3.05) is 5.32 Å². The van der Waals surface area contributed by atoms with Crippen molar-refractivity contribution in [1.82, 2.24) is 0 Å². The van der Waals surface area contributed by atoms with E-state index in [1.165, 1.54) is 0 Å². The molecule has 114 valence electrons. The van der Waals surface area contributed by atoms with Crippen molar-refractivity contribution in [2.45, 2.75) is 16.2 Å². The maximum Gasteiger partial charge on any atom is 0.238 e. The Bertz CT molecular complexity index is 712. The Morgan fingerprint density at radius 1 is 0.955 bits per heavy atom. The number of amides is 1. The maximum atomic E-state index is 12.8. The molecule has 1 N–H and O–H groups in total. The fourth-order valence-corrected chi connectivity index (χ4v) is 3.82. The van der Waals surface area contributed by atoms with E-state index in [0.717, 1.165) is 5.56 Å². The van der Waals surface area contributed by atoms with Crippen LogP contribution in [0, 0.1) is 0 Å². The van der Waals surface area contributed by atoms with E-state index in [2.05, 4.69) is 5.32 Å². The molecule has 1 fully saturated rings. The van der Waals surface area contributed by atoms with Crippen molar-refractivity contribution in [3.05, 3.63) is 64.1 Å². The predicted octanol–water partition coefficient (Wildman–Crippen LogP) is 5.45. The molecule has 1 atom stereocenters. The molecule has 1 amide bonds. The van der Waals surface area contributed by atoms with Crippen molar-refractivity contribution in [1.29, 1.82) is 0 Å². The van der Waals surface area contributed by atoms with Crippen molar-refractivity contribution < 1.29 is 4.79 Å². The van der Waals surface area contributed by atoms with Gasteiger partial charge in [-0.1, -0.05) is 59.6 Å². The second kappa shape index (κ2) is 5.61. The van der Waals surface area contributed by atoms with Gasteiger partial charge in [0.2, 0.25) is 5.91 Å². The van der Waals surface area contributed by atoms with Gasteiger partial charge >= 0.3 is 0 Å². The average Bonchev–Trinajstić information content (AvgIpc) is 3.08. The lowest BCUT2D eigenvalue weighted by Crippen LogP contribution is -2.32. The first kappa shape index (κ1) is 15.9. The molecule has 1 aliphatic rings. The predicted molar refractivity (Wildman–Crippen MR) is 92.3 cm³/mol. The normalized spacial score (nSPS) is 22.2. The van der Waals surface area contributed by atoms with Gasteiger partial charge in [0, 0.05) is 6.42 Å². The van der Waals surface area contributed by atoms with Crippen molar-refractivity contribution in [3.8, 4) is 0 Å². The molecule has 0 aromatic heterocycles. The number of carbonyl (C=O) groups excluding carboxylic acids is 1. The van der Waals surface area contributed by atoms with Gasteiger partial charge in [-0.3, -0.25) is 4.79 Å². The van der Waals surface area contributed by atoms with E-state index in [9.17, 15) is 4.79 Å². The molecule has 2 aromatic carbocycles. The quantitative estimate of drug-likeness (QED) is 0.711. The summed E-state index contributed by atoms with van der Waals surface area (Å²) in [4.78, 5) is 12.8. The fourth-order valence-electron chi connectivity index (χ4n) is 2.54. The van der Waals surface area contributed by atoms with Crippen LogP contribution in [-0.2, 0) is 10.2 Å². The molecule has 1 aliphatic carbocycles. The van der Waals surface area contributed by atoms with E-state index >= 15 is 0 Å². The third-order valence-corrected chi connectivity index (χ3v) is 5.38. The minimum atomic E-state index is -1.15. The highest BCUT2D eigenvalue weighted by molar-refractivity contribution is 6.54. The Labute approximate surface area is 148 Å². The highest BCUT2D eigenvalue weighted by Gasteiger charge is 2.72. The minimum absolute atomic E-state index is 0.321. The standard InChI is InChI=1S/C16H11Cl4NO/c17-11-7-4-8-12(18)13(11)21-14(22)15(9-16(15,19)20)10-5-2-1-3-6-10/h1-8H,9H2,(H,21,22)/t15-/m0/s1. The van der Waals surface area contributed by atoms with Crippen molar-refractivity contribution >= 4 is 58.0 Å². The van der Waals surface area contributed by atoms with Gasteiger partial charge in [-0.25, -0.2) is 0 Å². The molecule has 3 rings (SSSR count). The summed E-state index contributed by atoms with van der Waals surface area (Å²) in [5.74, 6) is -0.321.